The van der Waals surface area contributed by atoms with Crippen LogP contribution in [0.5, 0.6) is 0 Å². The maximum absolute atomic E-state index is 11.7. The van der Waals surface area contributed by atoms with Crippen molar-refractivity contribution in [2.24, 2.45) is 5.92 Å². The van der Waals surface area contributed by atoms with Crippen LogP contribution in [0.15, 0.2) is 0 Å². The van der Waals surface area contributed by atoms with Crippen LogP contribution in [-0.4, -0.2) is 30.7 Å². The van der Waals surface area contributed by atoms with Gasteiger partial charge in [-0.2, -0.15) is 12.6 Å². The van der Waals surface area contributed by atoms with Crippen LogP contribution < -0.4 is 10.6 Å². The number of hydrogen-bond donors (Lipinski definition) is 3. The summed E-state index contributed by atoms with van der Waals surface area (Å²) in [5.74, 6) is 0.902. The number of nitrogens with one attached hydrogen (secondary N) is 2. The van der Waals surface area contributed by atoms with E-state index in [0.29, 0.717) is 25.3 Å². The highest BCUT2D eigenvalue weighted by molar-refractivity contribution is 7.80. The maximum atomic E-state index is 11.7. The summed E-state index contributed by atoms with van der Waals surface area (Å²) in [6.45, 7) is 1.02. The second-order valence-corrected chi connectivity index (χ2v) is 4.90. The minimum atomic E-state index is -0.0250. The van der Waals surface area contributed by atoms with E-state index >= 15 is 0 Å². The topological polar surface area (TPSA) is 58.2 Å². The Labute approximate surface area is 108 Å². The lowest BCUT2D eigenvalue weighted by Gasteiger charge is -2.20. The van der Waals surface area contributed by atoms with Crippen molar-refractivity contribution in [1.82, 2.24) is 10.6 Å². The molecule has 0 aromatic rings. The van der Waals surface area contributed by atoms with E-state index in [1.54, 1.807) is 0 Å². The molecule has 1 aliphatic rings. The number of rotatable bonds is 6. The zero-order valence-corrected chi connectivity index (χ0v) is 11.1. The van der Waals surface area contributed by atoms with E-state index in [2.05, 4.69) is 23.3 Å². The van der Waals surface area contributed by atoms with Crippen molar-refractivity contribution in [2.75, 3.05) is 18.8 Å². The van der Waals surface area contributed by atoms with E-state index in [-0.39, 0.29) is 17.7 Å². The molecule has 0 atom stereocenters. The molecule has 98 valence electrons. The molecule has 0 aromatic carbocycles. The molecule has 5 heteroatoms. The fraction of sp³-hybridized carbons (Fsp3) is 0.833. The third-order valence-electron chi connectivity index (χ3n) is 3.06. The lowest BCUT2D eigenvalue weighted by molar-refractivity contribution is -0.126. The molecular formula is C12H22N2O2S. The minimum absolute atomic E-state index is 0.0250. The first-order chi connectivity index (χ1) is 8.24. The average molecular weight is 258 g/mol. The van der Waals surface area contributed by atoms with Crippen molar-refractivity contribution < 1.29 is 9.59 Å². The summed E-state index contributed by atoms with van der Waals surface area (Å²) < 4.78 is 0. The molecule has 1 saturated carbocycles. The van der Waals surface area contributed by atoms with Gasteiger partial charge >= 0.3 is 0 Å². The van der Waals surface area contributed by atoms with Crippen molar-refractivity contribution in [1.29, 1.82) is 0 Å². The van der Waals surface area contributed by atoms with E-state index in [0.717, 1.165) is 25.7 Å². The lowest BCUT2D eigenvalue weighted by atomic mass is 9.89. The Morgan fingerprint density at radius 1 is 1.06 bits per heavy atom. The largest absolute Gasteiger partial charge is 0.355 e. The Morgan fingerprint density at radius 3 is 2.41 bits per heavy atom. The second kappa shape index (κ2) is 8.39. The predicted molar refractivity (Wildman–Crippen MR) is 71.1 cm³/mol. The molecule has 0 unspecified atom stereocenters. The molecule has 0 spiro atoms. The molecule has 1 fully saturated rings. The second-order valence-electron chi connectivity index (χ2n) is 4.45. The number of carbonyl (C=O) groups is 2. The number of amides is 2. The van der Waals surface area contributed by atoms with E-state index < -0.39 is 0 Å². The van der Waals surface area contributed by atoms with Crippen molar-refractivity contribution in [3.63, 3.8) is 0 Å². The summed E-state index contributed by atoms with van der Waals surface area (Å²) in [7, 11) is 0. The van der Waals surface area contributed by atoms with Gasteiger partial charge in [-0.15, -0.1) is 0 Å². The van der Waals surface area contributed by atoms with E-state index in [9.17, 15) is 9.59 Å². The molecule has 4 nitrogen and oxygen atoms in total. The van der Waals surface area contributed by atoms with Gasteiger partial charge in [-0.05, 0) is 12.8 Å². The van der Waals surface area contributed by atoms with Gasteiger partial charge in [-0.1, -0.05) is 19.3 Å². The van der Waals surface area contributed by atoms with Gasteiger partial charge in [-0.25, -0.2) is 0 Å². The molecule has 0 radical (unpaired) electrons. The van der Waals surface area contributed by atoms with Gasteiger partial charge in [0.25, 0.3) is 0 Å². The van der Waals surface area contributed by atoms with Crippen molar-refractivity contribution in [2.45, 2.75) is 38.5 Å². The minimum Gasteiger partial charge on any atom is -0.355 e. The molecule has 0 aliphatic heterocycles. The van der Waals surface area contributed by atoms with Gasteiger partial charge < -0.3 is 10.6 Å². The quantitative estimate of drug-likeness (QED) is 0.625. The first-order valence-electron chi connectivity index (χ1n) is 6.39. The first kappa shape index (κ1) is 14.4. The van der Waals surface area contributed by atoms with Crippen LogP contribution in [0.2, 0.25) is 0 Å². The van der Waals surface area contributed by atoms with Gasteiger partial charge in [0.2, 0.25) is 11.8 Å². The molecule has 0 heterocycles. The van der Waals surface area contributed by atoms with Crippen molar-refractivity contribution >= 4 is 24.4 Å². The Kier molecular flexibility index (Phi) is 7.08. The van der Waals surface area contributed by atoms with E-state index in [1.807, 2.05) is 0 Å². The molecular weight excluding hydrogens is 236 g/mol. The maximum Gasteiger partial charge on any atom is 0.223 e. The fourth-order valence-corrected chi connectivity index (χ4v) is 2.20. The van der Waals surface area contributed by atoms with Crippen LogP contribution in [0.1, 0.15) is 38.5 Å². The van der Waals surface area contributed by atoms with Gasteiger partial charge in [0.05, 0.1) is 0 Å². The van der Waals surface area contributed by atoms with Gasteiger partial charge in [0.1, 0.15) is 0 Å². The number of hydrogen-bond acceptors (Lipinski definition) is 3. The Bertz CT molecular complexity index is 253. The molecule has 0 aromatic heterocycles. The highest BCUT2D eigenvalue weighted by Crippen LogP contribution is 2.23. The van der Waals surface area contributed by atoms with Crippen LogP contribution in [0, 0.1) is 5.92 Å². The molecule has 17 heavy (non-hydrogen) atoms. The molecule has 0 bridgehead atoms. The Morgan fingerprint density at radius 2 is 1.76 bits per heavy atom. The summed E-state index contributed by atoms with van der Waals surface area (Å²) in [4.78, 5) is 23.0. The predicted octanol–water partition coefficient (Wildman–Crippen LogP) is 1.12. The standard InChI is InChI=1S/C12H22N2O2S/c15-11(13-8-9-17)6-7-14-12(16)10-4-2-1-3-5-10/h10,17H,1-9H2,(H,13,15)(H,14,16). The Hall–Kier alpha value is -0.710. The Balaban J connectivity index is 2.08. The third kappa shape index (κ3) is 5.96. The highest BCUT2D eigenvalue weighted by Gasteiger charge is 2.20. The van der Waals surface area contributed by atoms with Crippen LogP contribution in [0.4, 0.5) is 0 Å². The van der Waals surface area contributed by atoms with Crippen LogP contribution in [-0.2, 0) is 9.59 Å². The zero-order chi connectivity index (χ0) is 12.5. The summed E-state index contributed by atoms with van der Waals surface area (Å²) in [5, 5.41) is 5.56. The summed E-state index contributed by atoms with van der Waals surface area (Å²) in [5.41, 5.74) is 0. The summed E-state index contributed by atoms with van der Waals surface area (Å²) in [6, 6.07) is 0. The van der Waals surface area contributed by atoms with Crippen LogP contribution in [0.3, 0.4) is 0 Å². The fourth-order valence-electron chi connectivity index (χ4n) is 2.09. The molecule has 0 saturated heterocycles. The molecule has 1 rings (SSSR count). The number of thiol groups is 1. The van der Waals surface area contributed by atoms with E-state index in [1.165, 1.54) is 6.42 Å². The van der Waals surface area contributed by atoms with Crippen LogP contribution in [0.25, 0.3) is 0 Å². The summed E-state index contributed by atoms with van der Waals surface area (Å²) >= 11 is 4.00. The smallest absolute Gasteiger partial charge is 0.223 e. The molecule has 2 N–H and O–H groups in total. The van der Waals surface area contributed by atoms with Gasteiger partial charge in [0, 0.05) is 31.2 Å². The zero-order valence-electron chi connectivity index (χ0n) is 10.2. The molecule has 2 amide bonds. The molecule has 1 aliphatic carbocycles. The third-order valence-corrected chi connectivity index (χ3v) is 3.28. The normalized spacial score (nSPS) is 16.5. The van der Waals surface area contributed by atoms with Crippen LogP contribution >= 0.6 is 12.6 Å². The monoisotopic (exact) mass is 258 g/mol. The average Bonchev–Trinajstić information content (AvgIpc) is 2.37. The first-order valence-corrected chi connectivity index (χ1v) is 7.02. The van der Waals surface area contributed by atoms with E-state index in [4.69, 9.17) is 0 Å². The van der Waals surface area contributed by atoms with Crippen molar-refractivity contribution in [3.05, 3.63) is 0 Å². The van der Waals surface area contributed by atoms with Gasteiger partial charge in [0.15, 0.2) is 0 Å². The highest BCUT2D eigenvalue weighted by atomic mass is 32.1. The number of carbonyl (C=O) groups excluding carboxylic acids is 2. The van der Waals surface area contributed by atoms with Crippen molar-refractivity contribution in [3.8, 4) is 0 Å². The SMILES string of the molecule is O=C(CCNC(=O)C1CCCCC1)NCCS. The summed E-state index contributed by atoms with van der Waals surface area (Å²) in [6.07, 6.45) is 5.90. The van der Waals surface area contributed by atoms with Gasteiger partial charge in [-0.3, -0.25) is 9.59 Å². The lowest BCUT2D eigenvalue weighted by Crippen LogP contribution is -2.35.